The van der Waals surface area contributed by atoms with E-state index in [0.717, 1.165) is 5.69 Å². The number of hydrogen-bond acceptors (Lipinski definition) is 5. The van der Waals surface area contributed by atoms with Crippen LogP contribution in [0, 0.1) is 17.0 Å². The zero-order chi connectivity index (χ0) is 14.0. The monoisotopic (exact) mass is 387 g/mol. The van der Waals surface area contributed by atoms with E-state index in [0.29, 0.717) is 14.8 Å². The van der Waals surface area contributed by atoms with Gasteiger partial charge >= 0.3 is 5.69 Å². The number of pyridine rings is 2. The van der Waals surface area contributed by atoms with Gasteiger partial charge in [0.2, 0.25) is 0 Å². The highest BCUT2D eigenvalue weighted by atomic mass is 79.9. The number of ether oxygens (including phenoxy) is 1. The Labute approximate surface area is 125 Å². The molecule has 0 aliphatic heterocycles. The molecular weight excluding hydrogens is 382 g/mol. The molecule has 0 saturated heterocycles. The van der Waals surface area contributed by atoms with Gasteiger partial charge in [-0.2, -0.15) is 0 Å². The maximum atomic E-state index is 10.9. The second kappa shape index (κ2) is 5.62. The van der Waals surface area contributed by atoms with E-state index in [1.807, 2.05) is 6.92 Å². The lowest BCUT2D eigenvalue weighted by Crippen LogP contribution is -1.97. The first-order valence-electron chi connectivity index (χ1n) is 5.08. The van der Waals surface area contributed by atoms with Crippen LogP contribution in [-0.2, 0) is 0 Å². The Morgan fingerprint density at radius 1 is 1.37 bits per heavy atom. The van der Waals surface area contributed by atoms with Gasteiger partial charge in [0.1, 0.15) is 4.60 Å². The number of halogens is 2. The van der Waals surface area contributed by atoms with Crippen LogP contribution in [-0.4, -0.2) is 14.9 Å². The van der Waals surface area contributed by atoms with Gasteiger partial charge in [-0.3, -0.25) is 10.1 Å². The molecule has 6 nitrogen and oxygen atoms in total. The van der Waals surface area contributed by atoms with Gasteiger partial charge in [0, 0.05) is 22.4 Å². The Bertz CT molecular complexity index is 649. The van der Waals surface area contributed by atoms with Gasteiger partial charge in [-0.1, -0.05) is 0 Å². The van der Waals surface area contributed by atoms with Crippen molar-refractivity contribution >= 4 is 37.5 Å². The van der Waals surface area contributed by atoms with E-state index < -0.39 is 4.92 Å². The fourth-order valence-electron chi connectivity index (χ4n) is 1.32. The fraction of sp³-hybridized carbons (Fsp3) is 0.0909. The van der Waals surface area contributed by atoms with Crippen molar-refractivity contribution in [2.75, 3.05) is 0 Å². The smallest absolute Gasteiger partial charge is 0.332 e. The molecule has 2 rings (SSSR count). The summed E-state index contributed by atoms with van der Waals surface area (Å²) >= 11 is 6.37. The molecule has 0 N–H and O–H groups in total. The predicted octanol–water partition coefficient (Wildman–Crippen LogP) is 4.01. The zero-order valence-corrected chi connectivity index (χ0v) is 12.8. The fourth-order valence-corrected chi connectivity index (χ4v) is 2.13. The predicted molar refractivity (Wildman–Crippen MR) is 75.3 cm³/mol. The van der Waals surface area contributed by atoms with Crippen molar-refractivity contribution in [1.29, 1.82) is 0 Å². The van der Waals surface area contributed by atoms with Gasteiger partial charge in [-0.25, -0.2) is 9.97 Å². The van der Waals surface area contributed by atoms with Crippen LogP contribution < -0.4 is 4.74 Å². The van der Waals surface area contributed by atoms with Gasteiger partial charge in [0.15, 0.2) is 5.75 Å². The van der Waals surface area contributed by atoms with Crippen LogP contribution in [0.3, 0.4) is 0 Å². The lowest BCUT2D eigenvalue weighted by atomic mass is 10.3. The third-order valence-electron chi connectivity index (χ3n) is 2.16. The Balaban J connectivity index is 2.40. The van der Waals surface area contributed by atoms with Crippen molar-refractivity contribution in [2.24, 2.45) is 0 Å². The lowest BCUT2D eigenvalue weighted by Gasteiger charge is -2.07. The average molecular weight is 389 g/mol. The van der Waals surface area contributed by atoms with Crippen molar-refractivity contribution in [1.82, 2.24) is 9.97 Å². The van der Waals surface area contributed by atoms with Crippen LogP contribution >= 0.6 is 31.9 Å². The number of nitrogens with zero attached hydrogens (tertiary/aromatic N) is 3. The van der Waals surface area contributed by atoms with Gasteiger partial charge in [-0.15, -0.1) is 0 Å². The first-order valence-corrected chi connectivity index (χ1v) is 6.67. The Morgan fingerprint density at radius 2 is 2.11 bits per heavy atom. The number of aromatic nitrogens is 2. The molecular formula is C11H7Br2N3O3. The molecule has 0 saturated carbocycles. The summed E-state index contributed by atoms with van der Waals surface area (Å²) in [6.07, 6.45) is 1.43. The number of aryl methyl sites for hydroxylation is 1. The van der Waals surface area contributed by atoms with Crippen molar-refractivity contribution in [2.45, 2.75) is 6.92 Å². The summed E-state index contributed by atoms with van der Waals surface area (Å²) < 4.78 is 6.40. The summed E-state index contributed by atoms with van der Waals surface area (Å²) in [5.41, 5.74) is 0.583. The second-order valence-corrected chi connectivity index (χ2v) is 5.25. The molecule has 98 valence electrons. The minimum atomic E-state index is -0.553. The van der Waals surface area contributed by atoms with E-state index in [-0.39, 0.29) is 11.6 Å². The van der Waals surface area contributed by atoms with E-state index in [4.69, 9.17) is 4.74 Å². The number of rotatable bonds is 3. The molecule has 0 atom stereocenters. The normalized spacial score (nSPS) is 10.3. The molecule has 2 heterocycles. The molecule has 0 amide bonds. The van der Waals surface area contributed by atoms with Crippen molar-refractivity contribution < 1.29 is 9.66 Å². The van der Waals surface area contributed by atoms with E-state index in [1.54, 1.807) is 12.1 Å². The lowest BCUT2D eigenvalue weighted by molar-refractivity contribution is -0.386. The minimum Gasteiger partial charge on any atom is -0.431 e. The molecule has 8 heteroatoms. The van der Waals surface area contributed by atoms with Crippen molar-refractivity contribution in [3.05, 3.63) is 49.3 Å². The standard InChI is InChI=1S/C11H7Br2N3O3/c1-6-2-3-9(10(13)15-6)19-11-8(16(17)18)4-7(12)5-14-11/h2-5H,1H3. The quantitative estimate of drug-likeness (QED) is 0.451. The van der Waals surface area contributed by atoms with E-state index >= 15 is 0 Å². The van der Waals surface area contributed by atoms with Crippen LogP contribution in [0.1, 0.15) is 5.69 Å². The topological polar surface area (TPSA) is 78.2 Å². The highest BCUT2D eigenvalue weighted by molar-refractivity contribution is 9.10. The third kappa shape index (κ3) is 3.27. The van der Waals surface area contributed by atoms with Gasteiger partial charge in [0.25, 0.3) is 5.88 Å². The number of nitro groups is 1. The van der Waals surface area contributed by atoms with Crippen molar-refractivity contribution in [3.8, 4) is 11.6 Å². The summed E-state index contributed by atoms with van der Waals surface area (Å²) in [6, 6.07) is 4.74. The molecule has 0 fully saturated rings. The Morgan fingerprint density at radius 3 is 2.74 bits per heavy atom. The highest BCUT2D eigenvalue weighted by Crippen LogP contribution is 2.33. The van der Waals surface area contributed by atoms with Crippen molar-refractivity contribution in [3.63, 3.8) is 0 Å². The molecule has 19 heavy (non-hydrogen) atoms. The van der Waals surface area contributed by atoms with Gasteiger partial charge in [-0.05, 0) is 50.9 Å². The molecule has 0 aromatic carbocycles. The molecule has 0 spiro atoms. The molecule has 0 unspecified atom stereocenters. The molecule has 0 aliphatic rings. The molecule has 0 aliphatic carbocycles. The second-order valence-electron chi connectivity index (χ2n) is 3.58. The first kappa shape index (κ1) is 13.9. The first-order chi connectivity index (χ1) is 8.97. The molecule has 2 aromatic heterocycles. The molecule has 0 bridgehead atoms. The zero-order valence-electron chi connectivity index (χ0n) is 9.63. The largest absolute Gasteiger partial charge is 0.431 e. The summed E-state index contributed by atoms with van der Waals surface area (Å²) in [7, 11) is 0. The third-order valence-corrected chi connectivity index (χ3v) is 3.16. The summed E-state index contributed by atoms with van der Waals surface area (Å²) in [5.74, 6) is 0.281. The van der Waals surface area contributed by atoms with E-state index in [9.17, 15) is 10.1 Å². The van der Waals surface area contributed by atoms with Gasteiger partial charge in [0.05, 0.1) is 4.92 Å². The maximum Gasteiger partial charge on any atom is 0.332 e. The molecule has 2 aromatic rings. The van der Waals surface area contributed by atoms with Gasteiger partial charge < -0.3 is 4.74 Å². The highest BCUT2D eigenvalue weighted by Gasteiger charge is 2.19. The van der Waals surface area contributed by atoms with Crippen LogP contribution in [0.4, 0.5) is 5.69 Å². The van der Waals surface area contributed by atoms with Crippen LogP contribution in [0.15, 0.2) is 33.5 Å². The SMILES string of the molecule is Cc1ccc(Oc2ncc(Br)cc2[N+](=O)[O-])c(Br)n1. The van der Waals surface area contributed by atoms with Crippen LogP contribution in [0.2, 0.25) is 0 Å². The summed E-state index contributed by atoms with van der Waals surface area (Å²) in [4.78, 5) is 18.4. The van der Waals surface area contributed by atoms with E-state index in [1.165, 1.54) is 12.3 Å². The van der Waals surface area contributed by atoms with Crippen LogP contribution in [0.5, 0.6) is 11.6 Å². The minimum absolute atomic E-state index is 0.0837. The summed E-state index contributed by atoms with van der Waals surface area (Å²) in [6.45, 7) is 1.83. The Kier molecular flexibility index (Phi) is 4.11. The molecule has 0 radical (unpaired) electrons. The maximum absolute atomic E-state index is 10.9. The van der Waals surface area contributed by atoms with E-state index in [2.05, 4.69) is 41.8 Å². The summed E-state index contributed by atoms with van der Waals surface area (Å²) in [5, 5.41) is 10.9. The van der Waals surface area contributed by atoms with Crippen LogP contribution in [0.25, 0.3) is 0 Å². The average Bonchev–Trinajstić information content (AvgIpc) is 2.34. The number of hydrogen-bond donors (Lipinski definition) is 0. The Hall–Kier alpha value is -1.54.